The number of rotatable bonds is 3. The summed E-state index contributed by atoms with van der Waals surface area (Å²) in [5, 5.41) is 0. The molecule has 1 aromatic carbocycles. The van der Waals surface area contributed by atoms with E-state index in [1.54, 1.807) is 6.07 Å². The smallest absolute Gasteiger partial charge is 0.148 e. The molecule has 0 fully saturated rings. The molecule has 0 radical (unpaired) electrons. The highest BCUT2D eigenvalue weighted by Gasteiger charge is 2.12. The zero-order valence-electron chi connectivity index (χ0n) is 8.92. The Morgan fingerprint density at radius 1 is 1.50 bits per heavy atom. The molecule has 0 amide bonds. The lowest BCUT2D eigenvalue weighted by Gasteiger charge is -2.27. The number of nitrogens with zero attached hydrogens (tertiary/aromatic N) is 1. The minimum Gasteiger partial charge on any atom is -0.395 e. The van der Waals surface area contributed by atoms with Crippen molar-refractivity contribution in [3.05, 3.63) is 24.0 Å². The Bertz CT molecular complexity index is 312. The van der Waals surface area contributed by atoms with Gasteiger partial charge in [0.05, 0.1) is 11.4 Å². The highest BCUT2D eigenvalue weighted by atomic mass is 19.1. The van der Waals surface area contributed by atoms with E-state index in [1.165, 1.54) is 6.07 Å². The SMILES string of the molecule is CCC(C)N(C)c1cccc(F)c1N. The Kier molecular flexibility index (Phi) is 3.33. The van der Waals surface area contributed by atoms with Crippen molar-refractivity contribution in [1.82, 2.24) is 0 Å². The van der Waals surface area contributed by atoms with Crippen molar-refractivity contribution in [3.8, 4) is 0 Å². The quantitative estimate of drug-likeness (QED) is 0.753. The first-order chi connectivity index (χ1) is 6.57. The molecule has 2 N–H and O–H groups in total. The lowest BCUT2D eigenvalue weighted by molar-refractivity contribution is 0.626. The second-order valence-corrected chi connectivity index (χ2v) is 3.54. The van der Waals surface area contributed by atoms with Crippen LogP contribution in [0.3, 0.4) is 0 Å². The fraction of sp³-hybridized carbons (Fsp3) is 0.455. The summed E-state index contributed by atoms with van der Waals surface area (Å²) in [6, 6.07) is 5.26. The summed E-state index contributed by atoms with van der Waals surface area (Å²) in [4.78, 5) is 2.00. The fourth-order valence-corrected chi connectivity index (χ4v) is 1.34. The van der Waals surface area contributed by atoms with Crippen LogP contribution in [0.15, 0.2) is 18.2 Å². The van der Waals surface area contributed by atoms with Crippen LogP contribution in [0.25, 0.3) is 0 Å². The minimum atomic E-state index is -0.349. The van der Waals surface area contributed by atoms with Gasteiger partial charge in [0, 0.05) is 13.1 Å². The summed E-state index contributed by atoms with van der Waals surface area (Å²) < 4.78 is 13.2. The molecule has 78 valence electrons. The van der Waals surface area contributed by atoms with Crippen molar-refractivity contribution < 1.29 is 4.39 Å². The summed E-state index contributed by atoms with van der Waals surface area (Å²) in [5.74, 6) is -0.349. The Morgan fingerprint density at radius 2 is 2.14 bits per heavy atom. The second-order valence-electron chi connectivity index (χ2n) is 3.54. The molecule has 0 aliphatic heterocycles. The molecule has 1 unspecified atom stereocenters. The summed E-state index contributed by atoms with van der Waals surface area (Å²) in [5.41, 5.74) is 6.65. The Balaban J connectivity index is 3.01. The maximum atomic E-state index is 13.2. The van der Waals surface area contributed by atoms with Gasteiger partial charge in [-0.3, -0.25) is 0 Å². The molecule has 2 nitrogen and oxygen atoms in total. The van der Waals surface area contributed by atoms with E-state index in [1.807, 2.05) is 18.0 Å². The van der Waals surface area contributed by atoms with Gasteiger partial charge in [-0.15, -0.1) is 0 Å². The molecule has 3 heteroatoms. The zero-order valence-corrected chi connectivity index (χ0v) is 8.92. The summed E-state index contributed by atoms with van der Waals surface area (Å²) in [6.07, 6.45) is 1.01. The topological polar surface area (TPSA) is 29.3 Å². The van der Waals surface area contributed by atoms with E-state index in [0.29, 0.717) is 6.04 Å². The molecule has 0 aliphatic carbocycles. The molecule has 14 heavy (non-hydrogen) atoms. The molecule has 0 bridgehead atoms. The van der Waals surface area contributed by atoms with Gasteiger partial charge >= 0.3 is 0 Å². The van der Waals surface area contributed by atoms with Crippen molar-refractivity contribution >= 4 is 11.4 Å². The number of halogens is 1. The predicted molar refractivity (Wildman–Crippen MR) is 59.0 cm³/mol. The fourth-order valence-electron chi connectivity index (χ4n) is 1.34. The first-order valence-corrected chi connectivity index (χ1v) is 4.84. The van der Waals surface area contributed by atoms with Gasteiger partial charge in [-0.1, -0.05) is 13.0 Å². The second kappa shape index (κ2) is 4.31. The number of para-hydroxylation sites is 1. The number of benzene rings is 1. The van der Waals surface area contributed by atoms with E-state index in [9.17, 15) is 4.39 Å². The van der Waals surface area contributed by atoms with Gasteiger partial charge < -0.3 is 10.6 Å². The third kappa shape index (κ3) is 1.97. The predicted octanol–water partition coefficient (Wildman–Crippen LogP) is 2.64. The first kappa shape index (κ1) is 10.8. The number of anilines is 2. The van der Waals surface area contributed by atoms with Gasteiger partial charge in [-0.05, 0) is 25.5 Å². The Hall–Kier alpha value is -1.25. The van der Waals surface area contributed by atoms with Gasteiger partial charge in [-0.2, -0.15) is 0 Å². The highest BCUT2D eigenvalue weighted by molar-refractivity contribution is 5.68. The van der Waals surface area contributed by atoms with E-state index in [2.05, 4.69) is 13.8 Å². The maximum Gasteiger partial charge on any atom is 0.148 e. The first-order valence-electron chi connectivity index (χ1n) is 4.84. The molecule has 1 atom stereocenters. The molecule has 0 aliphatic rings. The van der Waals surface area contributed by atoms with Crippen LogP contribution in [0.2, 0.25) is 0 Å². The summed E-state index contributed by atoms with van der Waals surface area (Å²) in [7, 11) is 1.93. The molecule has 1 rings (SSSR count). The summed E-state index contributed by atoms with van der Waals surface area (Å²) in [6.45, 7) is 4.18. The molecule has 1 aromatic rings. The van der Waals surface area contributed by atoms with Crippen LogP contribution in [0, 0.1) is 5.82 Å². The third-order valence-corrected chi connectivity index (χ3v) is 2.66. The average molecular weight is 196 g/mol. The highest BCUT2D eigenvalue weighted by Crippen LogP contribution is 2.26. The number of hydrogen-bond donors (Lipinski definition) is 1. The molecule has 0 saturated heterocycles. The molecular weight excluding hydrogens is 179 g/mol. The van der Waals surface area contributed by atoms with Crippen LogP contribution < -0.4 is 10.6 Å². The standard InChI is InChI=1S/C11H17FN2/c1-4-8(2)14(3)10-7-5-6-9(12)11(10)13/h5-8H,4,13H2,1-3H3. The molecule has 0 aromatic heterocycles. The molecule has 0 heterocycles. The van der Waals surface area contributed by atoms with E-state index in [-0.39, 0.29) is 11.5 Å². The van der Waals surface area contributed by atoms with Gasteiger partial charge in [0.2, 0.25) is 0 Å². The average Bonchev–Trinajstić information content (AvgIpc) is 2.20. The largest absolute Gasteiger partial charge is 0.395 e. The number of nitrogen functional groups attached to an aromatic ring is 1. The van der Waals surface area contributed by atoms with E-state index < -0.39 is 0 Å². The van der Waals surface area contributed by atoms with E-state index in [0.717, 1.165) is 12.1 Å². The van der Waals surface area contributed by atoms with Gasteiger partial charge in [0.15, 0.2) is 0 Å². The van der Waals surface area contributed by atoms with Crippen LogP contribution in [-0.4, -0.2) is 13.1 Å². The zero-order chi connectivity index (χ0) is 10.7. The van der Waals surface area contributed by atoms with Crippen LogP contribution in [0.1, 0.15) is 20.3 Å². The summed E-state index contributed by atoms with van der Waals surface area (Å²) >= 11 is 0. The van der Waals surface area contributed by atoms with Crippen molar-refractivity contribution in [3.63, 3.8) is 0 Å². The van der Waals surface area contributed by atoms with E-state index in [4.69, 9.17) is 5.73 Å². The third-order valence-electron chi connectivity index (χ3n) is 2.66. The van der Waals surface area contributed by atoms with Crippen molar-refractivity contribution in [2.24, 2.45) is 0 Å². The Morgan fingerprint density at radius 3 is 2.71 bits per heavy atom. The molecule has 0 spiro atoms. The number of nitrogens with two attached hydrogens (primary N) is 1. The molecule has 0 saturated carbocycles. The Labute approximate surface area is 84.5 Å². The molecular formula is C11H17FN2. The lowest BCUT2D eigenvalue weighted by Crippen LogP contribution is -2.28. The van der Waals surface area contributed by atoms with E-state index >= 15 is 0 Å². The lowest BCUT2D eigenvalue weighted by atomic mass is 10.2. The monoisotopic (exact) mass is 196 g/mol. The van der Waals surface area contributed by atoms with Crippen molar-refractivity contribution in [1.29, 1.82) is 0 Å². The maximum absolute atomic E-state index is 13.2. The minimum absolute atomic E-state index is 0.232. The van der Waals surface area contributed by atoms with Crippen LogP contribution in [0.5, 0.6) is 0 Å². The van der Waals surface area contributed by atoms with Crippen molar-refractivity contribution in [2.75, 3.05) is 17.7 Å². The van der Waals surface area contributed by atoms with Gasteiger partial charge in [-0.25, -0.2) is 4.39 Å². The van der Waals surface area contributed by atoms with Crippen LogP contribution >= 0.6 is 0 Å². The normalized spacial score (nSPS) is 12.6. The van der Waals surface area contributed by atoms with Crippen LogP contribution in [0.4, 0.5) is 15.8 Å². The number of hydrogen-bond acceptors (Lipinski definition) is 2. The van der Waals surface area contributed by atoms with Gasteiger partial charge in [0.1, 0.15) is 5.82 Å². The van der Waals surface area contributed by atoms with Crippen LogP contribution in [-0.2, 0) is 0 Å². The van der Waals surface area contributed by atoms with Gasteiger partial charge in [0.25, 0.3) is 0 Å². The van der Waals surface area contributed by atoms with Crippen molar-refractivity contribution in [2.45, 2.75) is 26.3 Å².